The number of thioether (sulfide) groups is 1. The minimum atomic E-state index is -1.47. The lowest BCUT2D eigenvalue weighted by Gasteiger charge is -2.29. The number of para-hydroxylation sites is 1. The van der Waals surface area contributed by atoms with Crippen molar-refractivity contribution in [3.63, 3.8) is 0 Å². The van der Waals surface area contributed by atoms with Crippen molar-refractivity contribution in [1.29, 1.82) is 5.41 Å². The molecule has 2 heterocycles. The SMILES string of the molecule is CC/N=C\NCC[C@H](NC(=O)[C@H](CCCC(=O)O)NC(=O)[C@H](CSC)N1C(=O)CNC1=O)C(=O)N[C@H](Cc1ccccc1)C(=O)N[C@@H](CCCNC(=N)N)C(=O)N[C@@H](Cc1c[nH]c2ccccc12)C(=O)N[C@@H](CS)C(N)=O. The third kappa shape index (κ3) is 20.0. The summed E-state index contributed by atoms with van der Waals surface area (Å²) in [7, 11) is 0. The summed E-state index contributed by atoms with van der Waals surface area (Å²) in [6, 6.07) is 5.37. The number of H-pyrrole nitrogens is 1. The van der Waals surface area contributed by atoms with Gasteiger partial charge in [0.15, 0.2) is 5.96 Å². The summed E-state index contributed by atoms with van der Waals surface area (Å²) in [5.74, 6) is -8.41. The number of primary amides is 1. The van der Waals surface area contributed by atoms with Gasteiger partial charge < -0.3 is 69.4 Å². The number of aliphatic imine (C=N–C) groups is 1. The van der Waals surface area contributed by atoms with E-state index in [4.69, 9.17) is 16.9 Å². The minimum Gasteiger partial charge on any atom is -0.481 e. The predicted molar refractivity (Wildman–Crippen MR) is 291 cm³/mol. The number of rotatable bonds is 34. The molecule has 16 N–H and O–H groups in total. The molecule has 28 heteroatoms. The number of carbonyl (C=O) groups excluding carboxylic acids is 9. The first-order valence-corrected chi connectivity index (χ1v) is 26.8. The molecular formula is C49H69N15O11S2. The topological polar surface area (TPSA) is 406 Å². The van der Waals surface area contributed by atoms with Gasteiger partial charge in [-0.25, -0.2) is 9.69 Å². The van der Waals surface area contributed by atoms with Crippen LogP contribution in [0.5, 0.6) is 0 Å². The van der Waals surface area contributed by atoms with E-state index < -0.39 is 108 Å². The predicted octanol–water partition coefficient (Wildman–Crippen LogP) is -1.89. The number of aromatic amines is 1. The highest BCUT2D eigenvalue weighted by Crippen LogP contribution is 2.20. The highest BCUT2D eigenvalue weighted by atomic mass is 32.2. The molecule has 7 atom stereocenters. The molecular weight excluding hydrogens is 1040 g/mol. The van der Waals surface area contributed by atoms with Gasteiger partial charge in [0, 0.05) is 67.5 Å². The van der Waals surface area contributed by atoms with E-state index in [1.54, 1.807) is 55.8 Å². The number of aliphatic carboxylic acids is 1. The van der Waals surface area contributed by atoms with Gasteiger partial charge in [-0.3, -0.25) is 53.6 Å². The number of nitrogens with zero attached hydrogens (tertiary/aromatic N) is 2. The Morgan fingerprint density at radius 1 is 0.766 bits per heavy atom. The Balaban J connectivity index is 1.68. The number of thiol groups is 1. The number of fused-ring (bicyclic) bond motifs is 1. The van der Waals surface area contributed by atoms with Crippen LogP contribution in [0.25, 0.3) is 10.9 Å². The molecule has 0 aliphatic carbocycles. The van der Waals surface area contributed by atoms with Crippen LogP contribution in [0.2, 0.25) is 0 Å². The largest absolute Gasteiger partial charge is 0.481 e. The fraction of sp³-hybridized carbons (Fsp3) is 0.469. The Morgan fingerprint density at radius 3 is 1.90 bits per heavy atom. The molecule has 3 aromatic rings. The third-order valence-corrected chi connectivity index (χ3v) is 13.0. The zero-order valence-electron chi connectivity index (χ0n) is 42.7. The van der Waals surface area contributed by atoms with Crippen LogP contribution >= 0.6 is 24.4 Å². The summed E-state index contributed by atoms with van der Waals surface area (Å²) in [5.41, 5.74) is 13.0. The molecule has 418 valence electrons. The van der Waals surface area contributed by atoms with E-state index in [9.17, 15) is 53.1 Å². The molecule has 0 saturated carbocycles. The van der Waals surface area contributed by atoms with Gasteiger partial charge in [0.25, 0.3) is 5.91 Å². The Morgan fingerprint density at radius 2 is 1.32 bits per heavy atom. The fourth-order valence-corrected chi connectivity index (χ4v) is 8.93. The first-order valence-electron chi connectivity index (χ1n) is 24.8. The van der Waals surface area contributed by atoms with Crippen LogP contribution in [0, 0.1) is 5.41 Å². The number of carbonyl (C=O) groups is 10. The zero-order chi connectivity index (χ0) is 56.4. The van der Waals surface area contributed by atoms with Crippen LogP contribution < -0.4 is 59.3 Å². The van der Waals surface area contributed by atoms with Gasteiger partial charge in [-0.1, -0.05) is 48.5 Å². The summed E-state index contributed by atoms with van der Waals surface area (Å²) in [6.07, 6.45) is 3.71. The molecule has 1 fully saturated rings. The van der Waals surface area contributed by atoms with E-state index in [1.807, 2.05) is 18.2 Å². The van der Waals surface area contributed by atoms with E-state index in [1.165, 1.54) is 6.34 Å². The molecule has 1 aliphatic rings. The molecule has 10 amide bonds. The van der Waals surface area contributed by atoms with Gasteiger partial charge in [-0.05, 0) is 62.5 Å². The minimum absolute atomic E-state index is 0.0398. The highest BCUT2D eigenvalue weighted by Gasteiger charge is 2.40. The lowest BCUT2D eigenvalue weighted by Crippen LogP contribution is -2.61. The van der Waals surface area contributed by atoms with Gasteiger partial charge in [-0.15, -0.1) is 0 Å². The number of imide groups is 1. The molecule has 0 bridgehead atoms. The number of aromatic nitrogens is 1. The molecule has 0 radical (unpaired) electrons. The lowest BCUT2D eigenvalue weighted by molar-refractivity contribution is -0.138. The maximum absolute atomic E-state index is 14.7. The van der Waals surface area contributed by atoms with Crippen LogP contribution in [-0.2, 0) is 56.0 Å². The van der Waals surface area contributed by atoms with Gasteiger partial charge in [0.2, 0.25) is 41.4 Å². The fourth-order valence-electron chi connectivity index (χ4n) is 8.04. The first kappa shape index (κ1) is 61.7. The van der Waals surface area contributed by atoms with Crippen LogP contribution in [0.3, 0.4) is 0 Å². The molecule has 2 aromatic carbocycles. The molecule has 77 heavy (non-hydrogen) atoms. The second-order valence-corrected chi connectivity index (χ2v) is 19.0. The van der Waals surface area contributed by atoms with Crippen molar-refractivity contribution in [2.45, 2.75) is 101 Å². The number of nitrogens with one attached hydrogen (secondary N) is 11. The number of carboxylic acid groups (broad SMARTS) is 1. The second kappa shape index (κ2) is 31.9. The quantitative estimate of drug-likeness (QED) is 0.0102. The first-order chi connectivity index (χ1) is 36.9. The maximum atomic E-state index is 14.7. The van der Waals surface area contributed by atoms with Crippen LogP contribution in [0.1, 0.15) is 56.6 Å². The molecule has 0 spiro atoms. The Hall–Kier alpha value is -7.88. The molecule has 26 nitrogen and oxygen atoms in total. The van der Waals surface area contributed by atoms with Gasteiger partial charge in [-0.2, -0.15) is 24.4 Å². The summed E-state index contributed by atoms with van der Waals surface area (Å²) in [5, 5.41) is 41.6. The number of hydrogen-bond donors (Lipinski definition) is 15. The Labute approximate surface area is 454 Å². The number of urea groups is 1. The normalized spacial score (nSPS) is 14.9. The zero-order valence-corrected chi connectivity index (χ0v) is 44.4. The second-order valence-electron chi connectivity index (χ2n) is 17.7. The standard InChI is InChI=1S/C49H69N15O11S2/c1-3-53-27-54-20-18-34(59-42(69)32(15-9-17-40(66)67)60-47(74)38(26-77-2)64-39(65)24-57-49(64)75)44(71)61-35(21-28-11-5-4-6-12-28)45(72)58-33(16-10-19-55-48(51)52)43(70)62-36(46(73)63-37(25-76)41(50)68)22-29-23-56-31-14-8-7-13-30(29)31/h4-8,11-14,23,27,32-38,56,76H,3,9-10,15-22,24-26H2,1-2H3,(H2,50,68)(H,53,54)(H,57,75)(H,58,72)(H,59,69)(H,60,74)(H,61,71)(H,62,70)(H,63,73)(H,66,67)(H4,51,52,55)/t32-,33-,34-,35+,36-,37-,38-/m0/s1. The van der Waals surface area contributed by atoms with Crippen molar-refractivity contribution in [1.82, 2.24) is 57.7 Å². The Bertz CT molecular complexity index is 2570. The summed E-state index contributed by atoms with van der Waals surface area (Å²) >= 11 is 5.30. The van der Waals surface area contributed by atoms with Crippen LogP contribution in [0.15, 0.2) is 65.8 Å². The molecule has 1 saturated heterocycles. The number of benzene rings is 2. The average Bonchev–Trinajstić information content (AvgIpc) is 3.97. The van der Waals surface area contributed by atoms with E-state index >= 15 is 0 Å². The third-order valence-electron chi connectivity index (χ3n) is 12.0. The van der Waals surface area contributed by atoms with Gasteiger partial charge in [0.05, 0.1) is 12.9 Å². The summed E-state index contributed by atoms with van der Waals surface area (Å²) in [4.78, 5) is 143. The van der Waals surface area contributed by atoms with Crippen LogP contribution in [0.4, 0.5) is 4.79 Å². The van der Waals surface area contributed by atoms with Crippen molar-refractivity contribution in [3.05, 3.63) is 71.9 Å². The summed E-state index contributed by atoms with van der Waals surface area (Å²) < 4.78 is 0. The van der Waals surface area contributed by atoms with Crippen molar-refractivity contribution < 1.29 is 53.1 Å². The van der Waals surface area contributed by atoms with E-state index in [2.05, 4.69) is 70.5 Å². The van der Waals surface area contributed by atoms with Crippen molar-refractivity contribution in [3.8, 4) is 0 Å². The average molecular weight is 1110 g/mol. The summed E-state index contributed by atoms with van der Waals surface area (Å²) in [6.45, 7) is 2.03. The van der Waals surface area contributed by atoms with E-state index in [0.29, 0.717) is 17.7 Å². The van der Waals surface area contributed by atoms with Crippen molar-refractivity contribution in [2.75, 3.05) is 43.9 Å². The van der Waals surface area contributed by atoms with E-state index in [0.717, 1.165) is 27.6 Å². The highest BCUT2D eigenvalue weighted by molar-refractivity contribution is 7.98. The smallest absolute Gasteiger partial charge is 0.325 e. The van der Waals surface area contributed by atoms with Crippen LogP contribution in [-0.4, -0.2) is 173 Å². The number of guanidine groups is 1. The number of nitrogens with two attached hydrogens (primary N) is 2. The lowest BCUT2D eigenvalue weighted by atomic mass is 10.0. The molecule has 0 unspecified atom stereocenters. The number of carboxylic acids is 1. The molecule has 1 aliphatic heterocycles. The maximum Gasteiger partial charge on any atom is 0.325 e. The molecule has 1 aromatic heterocycles. The van der Waals surface area contributed by atoms with Gasteiger partial charge >= 0.3 is 12.0 Å². The Kier molecular flexibility index (Phi) is 25.5. The van der Waals surface area contributed by atoms with E-state index in [-0.39, 0.29) is 82.0 Å². The van der Waals surface area contributed by atoms with Crippen molar-refractivity contribution >= 4 is 107 Å². The monoisotopic (exact) mass is 1110 g/mol. The number of hydrogen-bond acceptors (Lipinski definition) is 14. The number of amides is 10. The van der Waals surface area contributed by atoms with Crippen molar-refractivity contribution in [2.24, 2.45) is 16.5 Å². The molecule has 4 rings (SSSR count). The van der Waals surface area contributed by atoms with Gasteiger partial charge in [0.1, 0.15) is 42.3 Å².